The maximum Gasteiger partial charge on any atom is 0.491 e. The first-order valence-electron chi connectivity index (χ1n) is 5.69. The Morgan fingerprint density at radius 1 is 0.900 bits per heavy atom. The molecule has 2 rings (SSSR count). The molecule has 0 spiro atoms. The monoisotopic (exact) mass is 298 g/mol. The van der Waals surface area contributed by atoms with Crippen LogP contribution in [0.25, 0.3) is 0 Å². The van der Waals surface area contributed by atoms with Crippen LogP contribution in [0.15, 0.2) is 41.3 Å². The standard InChI is InChI=1S/C13H10BF3O2S/c15-11-3-1-8(5-10(11)14(18)19)7-20-9-2-4-12(16)13(17)6-9/h1-6,18-19H,7H2. The Kier molecular flexibility index (Phi) is 4.75. The van der Waals surface area contributed by atoms with E-state index in [4.69, 9.17) is 10.0 Å². The van der Waals surface area contributed by atoms with Gasteiger partial charge < -0.3 is 10.0 Å². The van der Waals surface area contributed by atoms with Gasteiger partial charge in [-0.05, 0) is 29.8 Å². The van der Waals surface area contributed by atoms with E-state index in [2.05, 4.69) is 0 Å². The normalized spacial score (nSPS) is 10.7. The molecule has 104 valence electrons. The van der Waals surface area contributed by atoms with E-state index in [-0.39, 0.29) is 5.46 Å². The first-order chi connectivity index (χ1) is 9.47. The van der Waals surface area contributed by atoms with Gasteiger partial charge in [-0.1, -0.05) is 12.1 Å². The van der Waals surface area contributed by atoms with Crippen molar-refractivity contribution in [3.8, 4) is 0 Å². The van der Waals surface area contributed by atoms with Crippen LogP contribution in [0, 0.1) is 17.5 Å². The van der Waals surface area contributed by atoms with Gasteiger partial charge in [-0.15, -0.1) is 11.8 Å². The molecule has 2 nitrogen and oxygen atoms in total. The summed E-state index contributed by atoms with van der Waals surface area (Å²) in [7, 11) is -1.89. The second kappa shape index (κ2) is 6.34. The Morgan fingerprint density at radius 2 is 1.60 bits per heavy atom. The van der Waals surface area contributed by atoms with Gasteiger partial charge in [-0.25, -0.2) is 13.2 Å². The molecule has 0 aliphatic rings. The summed E-state index contributed by atoms with van der Waals surface area (Å²) >= 11 is 1.23. The molecule has 0 unspecified atom stereocenters. The molecule has 0 fully saturated rings. The summed E-state index contributed by atoms with van der Waals surface area (Å²) in [4.78, 5) is 0.527. The van der Waals surface area contributed by atoms with Gasteiger partial charge >= 0.3 is 7.12 Å². The van der Waals surface area contributed by atoms with Gasteiger partial charge in [-0.2, -0.15) is 0 Å². The maximum absolute atomic E-state index is 13.3. The summed E-state index contributed by atoms with van der Waals surface area (Å²) in [5.41, 5.74) is 0.428. The van der Waals surface area contributed by atoms with Crippen LogP contribution in [0.5, 0.6) is 0 Å². The molecular weight excluding hydrogens is 288 g/mol. The highest BCUT2D eigenvalue weighted by Gasteiger charge is 2.16. The zero-order valence-electron chi connectivity index (χ0n) is 10.2. The maximum atomic E-state index is 13.3. The lowest BCUT2D eigenvalue weighted by Crippen LogP contribution is -2.32. The van der Waals surface area contributed by atoms with Crippen molar-refractivity contribution in [3.63, 3.8) is 0 Å². The second-order valence-electron chi connectivity index (χ2n) is 4.09. The van der Waals surface area contributed by atoms with E-state index >= 15 is 0 Å². The van der Waals surface area contributed by atoms with Crippen molar-refractivity contribution in [2.45, 2.75) is 10.6 Å². The fraction of sp³-hybridized carbons (Fsp3) is 0.0769. The van der Waals surface area contributed by atoms with Gasteiger partial charge in [0.2, 0.25) is 0 Å². The Bertz CT molecular complexity index is 623. The summed E-state index contributed by atoms with van der Waals surface area (Å²) in [6, 6.07) is 7.50. The summed E-state index contributed by atoms with van der Waals surface area (Å²) in [6.45, 7) is 0. The number of halogens is 3. The molecule has 0 saturated carbocycles. The molecular formula is C13H10BF3O2S. The second-order valence-corrected chi connectivity index (χ2v) is 5.14. The number of rotatable bonds is 4. The smallest absolute Gasteiger partial charge is 0.423 e. The van der Waals surface area contributed by atoms with E-state index in [1.165, 1.54) is 30.0 Å². The highest BCUT2D eigenvalue weighted by atomic mass is 32.2. The Labute approximate surface area is 118 Å². The molecule has 0 aliphatic carbocycles. The average molecular weight is 298 g/mol. The van der Waals surface area contributed by atoms with Crippen LogP contribution >= 0.6 is 11.8 Å². The van der Waals surface area contributed by atoms with Crippen LogP contribution in [-0.4, -0.2) is 17.2 Å². The van der Waals surface area contributed by atoms with E-state index in [0.29, 0.717) is 16.2 Å². The largest absolute Gasteiger partial charge is 0.491 e. The quantitative estimate of drug-likeness (QED) is 0.670. The minimum atomic E-state index is -1.89. The first-order valence-corrected chi connectivity index (χ1v) is 6.68. The minimum Gasteiger partial charge on any atom is -0.423 e. The van der Waals surface area contributed by atoms with E-state index in [9.17, 15) is 13.2 Å². The van der Waals surface area contributed by atoms with E-state index in [0.717, 1.165) is 18.2 Å². The highest BCUT2D eigenvalue weighted by Crippen LogP contribution is 2.24. The van der Waals surface area contributed by atoms with E-state index < -0.39 is 24.6 Å². The first kappa shape index (κ1) is 15.0. The lowest BCUT2D eigenvalue weighted by molar-refractivity contribution is 0.423. The zero-order valence-corrected chi connectivity index (χ0v) is 11.0. The third kappa shape index (κ3) is 3.56. The van der Waals surface area contributed by atoms with Crippen molar-refractivity contribution in [1.29, 1.82) is 0 Å². The summed E-state index contributed by atoms with van der Waals surface area (Å²) in [6.07, 6.45) is 0. The predicted molar refractivity (Wildman–Crippen MR) is 72.1 cm³/mol. The minimum absolute atomic E-state index is 0.214. The number of benzene rings is 2. The molecule has 0 bridgehead atoms. The lowest BCUT2D eigenvalue weighted by Gasteiger charge is -2.06. The molecule has 7 heteroatoms. The third-order valence-corrected chi connectivity index (χ3v) is 3.70. The SMILES string of the molecule is OB(O)c1cc(CSc2ccc(F)c(F)c2)ccc1F. The van der Waals surface area contributed by atoms with Gasteiger partial charge in [0, 0.05) is 16.1 Å². The third-order valence-electron chi connectivity index (χ3n) is 2.64. The van der Waals surface area contributed by atoms with Gasteiger partial charge in [0.25, 0.3) is 0 Å². The molecule has 20 heavy (non-hydrogen) atoms. The fourth-order valence-electron chi connectivity index (χ4n) is 1.61. The van der Waals surface area contributed by atoms with Gasteiger partial charge in [0.15, 0.2) is 11.6 Å². The molecule has 0 radical (unpaired) electrons. The van der Waals surface area contributed by atoms with Crippen LogP contribution < -0.4 is 5.46 Å². The summed E-state index contributed by atoms with van der Waals surface area (Å²) in [5.74, 6) is -2.19. The van der Waals surface area contributed by atoms with Crippen molar-refractivity contribution < 1.29 is 23.2 Å². The molecule has 0 aliphatic heterocycles. The predicted octanol–water partition coefficient (Wildman–Crippen LogP) is 2.08. The highest BCUT2D eigenvalue weighted by molar-refractivity contribution is 7.98. The van der Waals surface area contributed by atoms with Crippen molar-refractivity contribution in [2.75, 3.05) is 0 Å². The van der Waals surface area contributed by atoms with Crippen LogP contribution in [0.3, 0.4) is 0 Å². The summed E-state index contributed by atoms with van der Waals surface area (Å²) in [5, 5.41) is 18.0. The molecule has 0 atom stereocenters. The molecule has 0 saturated heterocycles. The topological polar surface area (TPSA) is 40.5 Å². The zero-order chi connectivity index (χ0) is 14.7. The van der Waals surface area contributed by atoms with Crippen LogP contribution in [0.1, 0.15) is 5.56 Å². The van der Waals surface area contributed by atoms with Crippen LogP contribution in [-0.2, 0) is 5.75 Å². The Morgan fingerprint density at radius 3 is 2.25 bits per heavy atom. The number of hydrogen-bond acceptors (Lipinski definition) is 3. The van der Waals surface area contributed by atoms with Crippen LogP contribution in [0.4, 0.5) is 13.2 Å². The fourth-order valence-corrected chi connectivity index (χ4v) is 2.48. The molecule has 2 aromatic rings. The van der Waals surface area contributed by atoms with Crippen molar-refractivity contribution >= 4 is 24.3 Å². The molecule has 0 amide bonds. The van der Waals surface area contributed by atoms with E-state index in [1.807, 2.05) is 0 Å². The van der Waals surface area contributed by atoms with Gasteiger partial charge in [-0.3, -0.25) is 0 Å². The average Bonchev–Trinajstić information content (AvgIpc) is 2.41. The van der Waals surface area contributed by atoms with Crippen molar-refractivity contribution in [2.24, 2.45) is 0 Å². The number of hydrogen-bond donors (Lipinski definition) is 2. The van der Waals surface area contributed by atoms with Gasteiger partial charge in [0.05, 0.1) is 0 Å². The van der Waals surface area contributed by atoms with Gasteiger partial charge in [0.1, 0.15) is 5.82 Å². The Hall–Kier alpha value is -1.44. The van der Waals surface area contributed by atoms with E-state index in [1.54, 1.807) is 0 Å². The summed E-state index contributed by atoms with van der Waals surface area (Å²) < 4.78 is 39.1. The lowest BCUT2D eigenvalue weighted by atomic mass is 9.79. The Balaban J connectivity index is 2.10. The number of thioether (sulfide) groups is 1. The van der Waals surface area contributed by atoms with Crippen LogP contribution in [0.2, 0.25) is 0 Å². The molecule has 0 heterocycles. The molecule has 2 N–H and O–H groups in total. The van der Waals surface area contributed by atoms with Crippen molar-refractivity contribution in [3.05, 3.63) is 59.4 Å². The molecule has 2 aromatic carbocycles. The molecule has 0 aromatic heterocycles. The van der Waals surface area contributed by atoms with Crippen molar-refractivity contribution in [1.82, 2.24) is 0 Å².